The topological polar surface area (TPSA) is 58.2 Å². The highest BCUT2D eigenvalue weighted by Gasteiger charge is 2.23. The fraction of sp³-hybridized carbons (Fsp3) is 0.294. The number of rotatable bonds is 3. The van der Waals surface area contributed by atoms with Crippen LogP contribution in [0.2, 0.25) is 10.0 Å². The zero-order valence-corrected chi connectivity index (χ0v) is 16.1. The molecule has 2 N–H and O–H groups in total. The second kappa shape index (κ2) is 7.13. The first-order chi connectivity index (χ1) is 11.1. The number of carbonyl (C=O) groups is 2. The van der Waals surface area contributed by atoms with Gasteiger partial charge in [-0.05, 0) is 36.8 Å². The first kappa shape index (κ1) is 18.8. The third-order valence-corrected chi connectivity index (χ3v) is 4.92. The molecule has 0 saturated carbocycles. The number of anilines is 2. The molecule has 1 aromatic carbocycles. The van der Waals surface area contributed by atoms with Crippen molar-refractivity contribution < 1.29 is 9.59 Å². The van der Waals surface area contributed by atoms with E-state index in [2.05, 4.69) is 10.6 Å². The smallest absolute Gasteiger partial charge is 0.266 e. The molecule has 0 atom stereocenters. The highest BCUT2D eigenvalue weighted by molar-refractivity contribution is 7.18. The third kappa shape index (κ3) is 4.50. The van der Waals surface area contributed by atoms with Gasteiger partial charge in [0.25, 0.3) is 5.91 Å². The van der Waals surface area contributed by atoms with Gasteiger partial charge in [0.05, 0.1) is 20.6 Å². The van der Waals surface area contributed by atoms with Gasteiger partial charge in [0.15, 0.2) is 0 Å². The summed E-state index contributed by atoms with van der Waals surface area (Å²) in [6.45, 7) is 7.32. The van der Waals surface area contributed by atoms with Gasteiger partial charge >= 0.3 is 0 Å². The quantitative estimate of drug-likeness (QED) is 0.723. The standard InChI is InChI=1S/C17H18Cl2N2O2S/c1-9-7-13(21-16(23)17(2,3)4)24-14(9)15(22)20-12-6-5-10(18)8-11(12)19/h5-8H,1-4H3,(H,20,22)(H,21,23). The van der Waals surface area contributed by atoms with Crippen molar-refractivity contribution in [1.82, 2.24) is 0 Å². The Bertz CT molecular complexity index is 794. The zero-order valence-electron chi connectivity index (χ0n) is 13.8. The molecule has 24 heavy (non-hydrogen) atoms. The lowest BCUT2D eigenvalue weighted by Gasteiger charge is -2.16. The number of hydrogen-bond acceptors (Lipinski definition) is 3. The lowest BCUT2D eigenvalue weighted by Crippen LogP contribution is -2.27. The molecule has 0 fully saturated rings. The summed E-state index contributed by atoms with van der Waals surface area (Å²) < 4.78 is 0. The van der Waals surface area contributed by atoms with Gasteiger partial charge in [-0.15, -0.1) is 11.3 Å². The molecule has 0 unspecified atom stereocenters. The molecule has 0 saturated heterocycles. The predicted molar refractivity (Wildman–Crippen MR) is 102 cm³/mol. The Hall–Kier alpha value is -1.56. The van der Waals surface area contributed by atoms with Crippen molar-refractivity contribution in [2.45, 2.75) is 27.7 Å². The van der Waals surface area contributed by atoms with Crippen LogP contribution in [-0.4, -0.2) is 11.8 Å². The fourth-order valence-corrected chi connectivity index (χ4v) is 3.26. The van der Waals surface area contributed by atoms with Gasteiger partial charge in [-0.2, -0.15) is 0 Å². The maximum atomic E-state index is 12.5. The Morgan fingerprint density at radius 2 is 1.75 bits per heavy atom. The van der Waals surface area contributed by atoms with Crippen molar-refractivity contribution in [1.29, 1.82) is 0 Å². The van der Waals surface area contributed by atoms with E-state index in [-0.39, 0.29) is 11.8 Å². The van der Waals surface area contributed by atoms with Crippen LogP contribution in [0.3, 0.4) is 0 Å². The van der Waals surface area contributed by atoms with Crippen molar-refractivity contribution in [2.75, 3.05) is 10.6 Å². The van der Waals surface area contributed by atoms with E-state index in [0.717, 1.165) is 5.56 Å². The number of nitrogens with one attached hydrogen (secondary N) is 2. The van der Waals surface area contributed by atoms with E-state index in [1.807, 2.05) is 27.7 Å². The molecular formula is C17H18Cl2N2O2S. The summed E-state index contributed by atoms with van der Waals surface area (Å²) in [4.78, 5) is 25.0. The molecule has 0 aliphatic carbocycles. The fourth-order valence-electron chi connectivity index (χ4n) is 1.84. The molecule has 128 valence electrons. The van der Waals surface area contributed by atoms with Crippen LogP contribution >= 0.6 is 34.5 Å². The SMILES string of the molecule is Cc1cc(NC(=O)C(C)(C)C)sc1C(=O)Nc1ccc(Cl)cc1Cl. The minimum absolute atomic E-state index is 0.101. The molecule has 0 spiro atoms. The second-order valence-corrected chi connectivity index (χ2v) is 8.30. The van der Waals surface area contributed by atoms with Gasteiger partial charge in [0.2, 0.25) is 5.91 Å². The number of carbonyl (C=O) groups excluding carboxylic acids is 2. The van der Waals surface area contributed by atoms with Crippen molar-refractivity contribution >= 4 is 57.0 Å². The predicted octanol–water partition coefficient (Wildman–Crippen LogP) is 5.60. The first-order valence-electron chi connectivity index (χ1n) is 7.26. The van der Waals surface area contributed by atoms with E-state index in [1.165, 1.54) is 11.3 Å². The molecule has 2 amide bonds. The molecule has 0 radical (unpaired) electrons. The van der Waals surface area contributed by atoms with Crippen molar-refractivity contribution in [3.8, 4) is 0 Å². The molecule has 2 rings (SSSR count). The Labute approximate surface area is 155 Å². The number of aryl methyl sites for hydroxylation is 1. The van der Waals surface area contributed by atoms with Crippen LogP contribution in [0.4, 0.5) is 10.7 Å². The van der Waals surface area contributed by atoms with Gasteiger partial charge in [-0.1, -0.05) is 44.0 Å². The van der Waals surface area contributed by atoms with Crippen molar-refractivity contribution in [3.63, 3.8) is 0 Å². The van der Waals surface area contributed by atoms with Crippen molar-refractivity contribution in [3.05, 3.63) is 44.8 Å². The van der Waals surface area contributed by atoms with Crippen LogP contribution in [0.1, 0.15) is 36.0 Å². The van der Waals surface area contributed by atoms with Crippen LogP contribution in [-0.2, 0) is 4.79 Å². The Morgan fingerprint density at radius 1 is 1.08 bits per heavy atom. The van der Waals surface area contributed by atoms with Crippen molar-refractivity contribution in [2.24, 2.45) is 5.41 Å². The summed E-state index contributed by atoms with van der Waals surface area (Å²) in [6.07, 6.45) is 0. The van der Waals surface area contributed by atoms with Crippen LogP contribution in [0.25, 0.3) is 0 Å². The Kier molecular flexibility index (Phi) is 5.58. The summed E-state index contributed by atoms with van der Waals surface area (Å²) >= 11 is 13.1. The largest absolute Gasteiger partial charge is 0.320 e. The molecule has 1 aromatic heterocycles. The van der Waals surface area contributed by atoms with Gasteiger partial charge in [0, 0.05) is 10.4 Å². The lowest BCUT2D eigenvalue weighted by molar-refractivity contribution is -0.123. The summed E-state index contributed by atoms with van der Waals surface area (Å²) in [6, 6.07) is 6.65. The first-order valence-corrected chi connectivity index (χ1v) is 8.83. The summed E-state index contributed by atoms with van der Waals surface area (Å²) in [5, 5.41) is 7.10. The normalized spacial score (nSPS) is 11.2. The highest BCUT2D eigenvalue weighted by Crippen LogP contribution is 2.31. The van der Waals surface area contributed by atoms with Gasteiger partial charge in [-0.25, -0.2) is 0 Å². The summed E-state index contributed by atoms with van der Waals surface area (Å²) in [7, 11) is 0. The van der Waals surface area contributed by atoms with Gasteiger partial charge in [0.1, 0.15) is 0 Å². The number of hydrogen-bond donors (Lipinski definition) is 2. The van der Waals surface area contributed by atoms with E-state index in [1.54, 1.807) is 24.3 Å². The Morgan fingerprint density at radius 3 is 2.33 bits per heavy atom. The lowest BCUT2D eigenvalue weighted by atomic mass is 9.96. The van der Waals surface area contributed by atoms with E-state index < -0.39 is 5.41 Å². The maximum Gasteiger partial charge on any atom is 0.266 e. The molecule has 0 bridgehead atoms. The second-order valence-electron chi connectivity index (χ2n) is 6.41. The van der Waals surface area contributed by atoms with Crippen LogP contribution < -0.4 is 10.6 Å². The number of halogens is 2. The zero-order chi connectivity index (χ0) is 18.1. The molecule has 7 heteroatoms. The molecule has 4 nitrogen and oxygen atoms in total. The average molecular weight is 385 g/mol. The monoisotopic (exact) mass is 384 g/mol. The molecule has 2 aromatic rings. The minimum atomic E-state index is -0.503. The van der Waals surface area contributed by atoms with E-state index in [4.69, 9.17) is 23.2 Å². The number of thiophene rings is 1. The summed E-state index contributed by atoms with van der Waals surface area (Å²) in [5.41, 5.74) is 0.767. The Balaban J connectivity index is 2.17. The van der Waals surface area contributed by atoms with Crippen LogP contribution in [0.15, 0.2) is 24.3 Å². The highest BCUT2D eigenvalue weighted by atomic mass is 35.5. The minimum Gasteiger partial charge on any atom is -0.320 e. The molecule has 0 aliphatic rings. The molecule has 1 heterocycles. The third-order valence-electron chi connectivity index (χ3n) is 3.22. The van der Waals surface area contributed by atoms with E-state index in [0.29, 0.717) is 25.6 Å². The molecular weight excluding hydrogens is 367 g/mol. The number of amides is 2. The van der Waals surface area contributed by atoms with Gasteiger partial charge < -0.3 is 10.6 Å². The van der Waals surface area contributed by atoms with E-state index >= 15 is 0 Å². The maximum absolute atomic E-state index is 12.5. The molecule has 0 aliphatic heterocycles. The van der Waals surface area contributed by atoms with Crippen LogP contribution in [0.5, 0.6) is 0 Å². The number of benzene rings is 1. The van der Waals surface area contributed by atoms with Crippen LogP contribution in [0, 0.1) is 12.3 Å². The van der Waals surface area contributed by atoms with Gasteiger partial charge in [-0.3, -0.25) is 9.59 Å². The summed E-state index contributed by atoms with van der Waals surface area (Å²) in [5.74, 6) is -0.380. The average Bonchev–Trinajstić information content (AvgIpc) is 2.81. The van der Waals surface area contributed by atoms with E-state index in [9.17, 15) is 9.59 Å².